The second-order valence-corrected chi connectivity index (χ2v) is 7.80. The van der Waals surface area contributed by atoms with E-state index < -0.39 is 0 Å². The van der Waals surface area contributed by atoms with Gasteiger partial charge >= 0.3 is 6.03 Å². The smallest absolute Gasteiger partial charge is 0.314 e. The van der Waals surface area contributed by atoms with Gasteiger partial charge in [0.05, 0.1) is 0 Å². The summed E-state index contributed by atoms with van der Waals surface area (Å²) in [4.78, 5) is 11.7. The van der Waals surface area contributed by atoms with E-state index in [1.165, 1.54) is 0 Å². The van der Waals surface area contributed by atoms with Crippen LogP contribution in [0.25, 0.3) is 0 Å². The fraction of sp³-hybridized carbons (Fsp3) is 0.842. The zero-order chi connectivity index (χ0) is 18.4. The second-order valence-electron chi connectivity index (χ2n) is 7.80. The van der Waals surface area contributed by atoms with Crippen molar-refractivity contribution in [2.45, 2.75) is 67.2 Å². The molecule has 0 aliphatic heterocycles. The number of amides is 2. The maximum atomic E-state index is 11.7. The van der Waals surface area contributed by atoms with Crippen molar-refractivity contribution in [1.29, 1.82) is 0 Å². The molecule has 0 radical (unpaired) electrons. The van der Waals surface area contributed by atoms with Crippen LogP contribution in [0.3, 0.4) is 0 Å². The van der Waals surface area contributed by atoms with Gasteiger partial charge in [-0.05, 0) is 36.5 Å². The molecule has 0 aromatic heterocycles. The molecule has 0 aliphatic carbocycles. The highest BCUT2D eigenvalue weighted by Crippen LogP contribution is 2.20. The summed E-state index contributed by atoms with van der Waals surface area (Å²) in [7, 11) is 0. The summed E-state index contributed by atoms with van der Waals surface area (Å²) >= 11 is 0. The summed E-state index contributed by atoms with van der Waals surface area (Å²) in [6.45, 7) is 22.1. The van der Waals surface area contributed by atoms with Crippen LogP contribution in [0.5, 0.6) is 0 Å². The molecular formula is C19H40N2O2. The molecule has 0 aromatic carbocycles. The Labute approximate surface area is 144 Å². The van der Waals surface area contributed by atoms with Gasteiger partial charge in [-0.1, -0.05) is 41.5 Å². The molecule has 2 amide bonds. The number of carbonyl (C=O) groups is 1. The third kappa shape index (κ3) is 18.9. The van der Waals surface area contributed by atoms with Crippen LogP contribution in [0.2, 0.25) is 0 Å². The van der Waals surface area contributed by atoms with E-state index in [-0.39, 0.29) is 11.4 Å². The number of carbonyl (C=O) groups excluding carboxylic acids is 1. The molecule has 0 fully saturated rings. The van der Waals surface area contributed by atoms with Crippen LogP contribution in [-0.4, -0.2) is 32.3 Å². The Morgan fingerprint density at radius 3 is 2.13 bits per heavy atom. The first-order chi connectivity index (χ1) is 10.7. The molecule has 4 nitrogen and oxygen atoms in total. The van der Waals surface area contributed by atoms with Crippen LogP contribution in [0, 0.1) is 10.8 Å². The number of ether oxygens (including phenoxy) is 1. The molecule has 0 saturated heterocycles. The molecule has 0 heterocycles. The van der Waals surface area contributed by atoms with Crippen molar-refractivity contribution < 1.29 is 9.53 Å². The molecule has 4 heteroatoms. The van der Waals surface area contributed by atoms with Crippen LogP contribution < -0.4 is 10.6 Å². The van der Waals surface area contributed by atoms with E-state index in [4.69, 9.17) is 4.74 Å². The van der Waals surface area contributed by atoms with Crippen molar-refractivity contribution in [3.8, 4) is 0 Å². The first-order valence-corrected chi connectivity index (χ1v) is 8.76. The summed E-state index contributed by atoms with van der Waals surface area (Å²) in [5.41, 5.74) is 0.398. The van der Waals surface area contributed by atoms with Crippen molar-refractivity contribution in [3.05, 3.63) is 13.2 Å². The van der Waals surface area contributed by atoms with Crippen molar-refractivity contribution in [2.75, 3.05) is 26.3 Å². The van der Waals surface area contributed by atoms with E-state index in [1.54, 1.807) is 0 Å². The lowest BCUT2D eigenvalue weighted by atomic mass is 9.90. The van der Waals surface area contributed by atoms with Gasteiger partial charge < -0.3 is 15.4 Å². The van der Waals surface area contributed by atoms with Gasteiger partial charge in [0.25, 0.3) is 0 Å². The minimum absolute atomic E-state index is 0.0635. The van der Waals surface area contributed by atoms with Crippen LogP contribution in [-0.2, 0) is 4.74 Å². The zero-order valence-electron chi connectivity index (χ0n) is 16.4. The van der Waals surface area contributed by atoms with Crippen molar-refractivity contribution in [1.82, 2.24) is 10.6 Å². The lowest BCUT2D eigenvalue weighted by Crippen LogP contribution is -2.41. The largest absolute Gasteiger partial charge is 0.381 e. The third-order valence-electron chi connectivity index (χ3n) is 3.39. The Balaban J connectivity index is 0. The Morgan fingerprint density at radius 1 is 1.00 bits per heavy atom. The zero-order valence-corrected chi connectivity index (χ0v) is 16.4. The SMILES string of the molecule is C=C.CCCOCCC(C)(C)CNC(=O)NCCCC(C)(C)C. The molecule has 0 saturated carbocycles. The first-order valence-electron chi connectivity index (χ1n) is 8.76. The monoisotopic (exact) mass is 328 g/mol. The number of hydrogen-bond acceptors (Lipinski definition) is 2. The van der Waals surface area contributed by atoms with Gasteiger partial charge in [-0.2, -0.15) is 0 Å². The molecule has 0 atom stereocenters. The van der Waals surface area contributed by atoms with Crippen LogP contribution in [0.1, 0.15) is 67.2 Å². The Hall–Kier alpha value is -1.03. The number of nitrogens with one attached hydrogen (secondary N) is 2. The summed E-state index contributed by atoms with van der Waals surface area (Å²) in [5, 5.41) is 5.88. The van der Waals surface area contributed by atoms with Crippen molar-refractivity contribution in [3.63, 3.8) is 0 Å². The minimum atomic E-state index is -0.0635. The molecule has 0 rings (SSSR count). The minimum Gasteiger partial charge on any atom is -0.381 e. The molecule has 0 bridgehead atoms. The van der Waals surface area contributed by atoms with Gasteiger partial charge in [0.15, 0.2) is 0 Å². The Bertz CT molecular complexity index is 296. The van der Waals surface area contributed by atoms with Crippen molar-refractivity contribution in [2.24, 2.45) is 10.8 Å². The molecule has 23 heavy (non-hydrogen) atoms. The van der Waals surface area contributed by atoms with Crippen molar-refractivity contribution >= 4 is 6.03 Å². The summed E-state index contributed by atoms with van der Waals surface area (Å²) < 4.78 is 5.51. The number of rotatable bonds is 10. The summed E-state index contributed by atoms with van der Waals surface area (Å²) in [6, 6.07) is -0.0635. The van der Waals surface area contributed by atoms with E-state index >= 15 is 0 Å². The molecule has 2 N–H and O–H groups in total. The molecule has 138 valence electrons. The maximum absolute atomic E-state index is 11.7. The van der Waals surface area contributed by atoms with E-state index in [9.17, 15) is 4.79 Å². The fourth-order valence-corrected chi connectivity index (χ4v) is 1.89. The first kappa shape index (κ1) is 24.2. The summed E-state index contributed by atoms with van der Waals surface area (Å²) in [5.74, 6) is 0. The number of urea groups is 1. The van der Waals surface area contributed by atoms with Crippen LogP contribution in [0.15, 0.2) is 13.2 Å². The average Bonchev–Trinajstić information content (AvgIpc) is 2.47. The molecule has 0 aromatic rings. The third-order valence-corrected chi connectivity index (χ3v) is 3.39. The normalized spacial score (nSPS) is 11.4. The summed E-state index contributed by atoms with van der Waals surface area (Å²) in [6.07, 6.45) is 4.14. The highest BCUT2D eigenvalue weighted by molar-refractivity contribution is 5.73. The lowest BCUT2D eigenvalue weighted by Gasteiger charge is -2.25. The van der Waals surface area contributed by atoms with Crippen LogP contribution >= 0.6 is 0 Å². The molecular weight excluding hydrogens is 288 g/mol. The predicted molar refractivity (Wildman–Crippen MR) is 101 cm³/mol. The quantitative estimate of drug-likeness (QED) is 0.449. The Morgan fingerprint density at radius 2 is 1.61 bits per heavy atom. The van der Waals surface area contributed by atoms with Gasteiger partial charge in [-0.3, -0.25) is 0 Å². The van der Waals surface area contributed by atoms with Gasteiger partial charge in [0.2, 0.25) is 0 Å². The maximum Gasteiger partial charge on any atom is 0.314 e. The second kappa shape index (κ2) is 13.4. The topological polar surface area (TPSA) is 50.4 Å². The highest BCUT2D eigenvalue weighted by atomic mass is 16.5. The van der Waals surface area contributed by atoms with E-state index in [0.29, 0.717) is 12.0 Å². The van der Waals surface area contributed by atoms with E-state index in [1.807, 2.05) is 0 Å². The molecule has 0 unspecified atom stereocenters. The lowest BCUT2D eigenvalue weighted by molar-refractivity contribution is 0.104. The highest BCUT2D eigenvalue weighted by Gasteiger charge is 2.18. The van der Waals surface area contributed by atoms with E-state index in [0.717, 1.165) is 45.4 Å². The standard InChI is InChI=1S/C17H36N2O2.C2H4/c1-7-12-21-13-10-17(5,6)14-19-15(20)18-11-8-9-16(2,3)4;1-2/h7-14H2,1-6H3,(H2,18,19,20);1-2H2. The Kier molecular flexibility index (Phi) is 14.1. The fourth-order valence-electron chi connectivity index (χ4n) is 1.89. The van der Waals surface area contributed by atoms with E-state index in [2.05, 4.69) is 65.3 Å². The van der Waals surface area contributed by atoms with Crippen LogP contribution in [0.4, 0.5) is 4.79 Å². The van der Waals surface area contributed by atoms with Gasteiger partial charge in [-0.25, -0.2) is 4.79 Å². The average molecular weight is 329 g/mol. The van der Waals surface area contributed by atoms with Gasteiger partial charge in [0, 0.05) is 26.3 Å². The molecule has 0 aliphatic rings. The van der Waals surface area contributed by atoms with Gasteiger partial charge in [0.1, 0.15) is 0 Å². The predicted octanol–water partition coefficient (Wildman–Crippen LogP) is 4.76. The molecule has 0 spiro atoms. The van der Waals surface area contributed by atoms with Gasteiger partial charge in [-0.15, -0.1) is 13.2 Å². The number of hydrogen-bond donors (Lipinski definition) is 2.